The number of nitrogens with zero attached hydrogens (tertiary/aromatic N) is 1. The Labute approximate surface area is 283 Å². The lowest BCUT2D eigenvalue weighted by molar-refractivity contribution is 0.0733. The third-order valence-electron chi connectivity index (χ3n) is 6.44. The van der Waals surface area contributed by atoms with Crippen LogP contribution in [0.25, 0.3) is 22.0 Å². The van der Waals surface area contributed by atoms with E-state index in [4.69, 9.17) is 49.0 Å². The number of aromatic amines is 1. The minimum atomic E-state index is -0.710. The van der Waals surface area contributed by atoms with E-state index in [0.29, 0.717) is 58.1 Å². The number of rotatable bonds is 8. The largest absolute Gasteiger partial charge is 0.496 e. The standard InChI is InChI=1S/C31H20Br2Cl3N3O5/c1-42-23-9-10-24(43-2)27-26(23)25(18-5-3-4-6-21(18)35)28(38-27)30(40)39-37-14-15-11-16(32)12-20(33)29(15)44-31(41)19-8-7-17(34)13-22(19)36/h3-14,38H,1-2H3,(H,39,40). The molecule has 8 nitrogen and oxygen atoms in total. The number of halogens is 5. The summed E-state index contributed by atoms with van der Waals surface area (Å²) in [5, 5.41) is 5.73. The molecule has 0 atom stereocenters. The molecule has 1 heterocycles. The SMILES string of the molecule is COc1ccc(OC)c2c(-c3ccccc3Cl)c(C(=O)NN=Cc3cc(Br)cc(Br)c3OC(=O)c3ccc(Cl)cc3Cl)[nH]c12. The van der Waals surface area contributed by atoms with E-state index in [2.05, 4.69) is 47.4 Å². The summed E-state index contributed by atoms with van der Waals surface area (Å²) in [6.07, 6.45) is 1.35. The van der Waals surface area contributed by atoms with E-state index < -0.39 is 11.9 Å². The number of nitrogens with one attached hydrogen (secondary N) is 2. The van der Waals surface area contributed by atoms with E-state index in [9.17, 15) is 9.59 Å². The first-order chi connectivity index (χ1) is 21.1. The predicted molar refractivity (Wildman–Crippen MR) is 180 cm³/mol. The molecule has 224 valence electrons. The molecule has 4 aromatic carbocycles. The summed E-state index contributed by atoms with van der Waals surface area (Å²) in [6, 6.07) is 18.4. The Morgan fingerprint density at radius 3 is 2.34 bits per heavy atom. The molecule has 1 aromatic heterocycles. The van der Waals surface area contributed by atoms with Gasteiger partial charge in [0.05, 0.1) is 46.4 Å². The van der Waals surface area contributed by atoms with Gasteiger partial charge in [0.15, 0.2) is 5.75 Å². The van der Waals surface area contributed by atoms with Crippen molar-refractivity contribution in [3.63, 3.8) is 0 Å². The van der Waals surface area contributed by atoms with Gasteiger partial charge in [-0.25, -0.2) is 10.2 Å². The highest BCUT2D eigenvalue weighted by Crippen LogP contribution is 2.44. The molecule has 0 saturated carbocycles. The van der Waals surface area contributed by atoms with Crippen molar-refractivity contribution in [2.45, 2.75) is 0 Å². The zero-order chi connectivity index (χ0) is 31.5. The van der Waals surface area contributed by atoms with E-state index in [1.165, 1.54) is 38.6 Å². The van der Waals surface area contributed by atoms with E-state index in [1.54, 1.807) is 42.5 Å². The minimum absolute atomic E-state index is 0.124. The summed E-state index contributed by atoms with van der Waals surface area (Å²) < 4.78 is 18.0. The summed E-state index contributed by atoms with van der Waals surface area (Å²) in [4.78, 5) is 29.8. The molecule has 2 N–H and O–H groups in total. The van der Waals surface area contributed by atoms with Crippen molar-refractivity contribution in [2.75, 3.05) is 14.2 Å². The molecule has 0 aliphatic heterocycles. The average molecular weight is 781 g/mol. The Morgan fingerprint density at radius 2 is 1.64 bits per heavy atom. The number of carbonyl (C=O) groups excluding carboxylic acids is 2. The first-order valence-electron chi connectivity index (χ1n) is 12.6. The summed E-state index contributed by atoms with van der Waals surface area (Å²) in [6.45, 7) is 0. The molecule has 0 aliphatic carbocycles. The van der Waals surface area contributed by atoms with Crippen LogP contribution in [0.3, 0.4) is 0 Å². The van der Waals surface area contributed by atoms with Crippen molar-refractivity contribution in [1.29, 1.82) is 0 Å². The van der Waals surface area contributed by atoms with Gasteiger partial charge in [0.25, 0.3) is 5.91 Å². The van der Waals surface area contributed by atoms with Crippen LogP contribution in [0.2, 0.25) is 15.1 Å². The Morgan fingerprint density at radius 1 is 0.909 bits per heavy atom. The van der Waals surface area contributed by atoms with Crippen LogP contribution in [-0.2, 0) is 0 Å². The van der Waals surface area contributed by atoms with Crippen LogP contribution in [0.4, 0.5) is 0 Å². The second-order valence-corrected chi connectivity index (χ2v) is 12.1. The molecule has 0 radical (unpaired) electrons. The van der Waals surface area contributed by atoms with Gasteiger partial charge in [-0.05, 0) is 64.5 Å². The molecule has 0 fully saturated rings. The van der Waals surface area contributed by atoms with Crippen molar-refractivity contribution >= 4 is 95.7 Å². The minimum Gasteiger partial charge on any atom is -0.496 e. The maximum absolute atomic E-state index is 13.6. The number of aromatic nitrogens is 1. The number of hydrogen-bond donors (Lipinski definition) is 2. The third-order valence-corrected chi connectivity index (χ3v) is 8.37. The second kappa shape index (κ2) is 13.6. The number of carbonyl (C=O) groups is 2. The first-order valence-corrected chi connectivity index (χ1v) is 15.4. The number of hydrogen-bond acceptors (Lipinski definition) is 6. The highest BCUT2D eigenvalue weighted by atomic mass is 79.9. The Kier molecular flexibility index (Phi) is 9.87. The maximum Gasteiger partial charge on any atom is 0.345 e. The van der Waals surface area contributed by atoms with Crippen LogP contribution in [0.5, 0.6) is 17.2 Å². The zero-order valence-electron chi connectivity index (χ0n) is 22.8. The van der Waals surface area contributed by atoms with E-state index >= 15 is 0 Å². The number of hydrazone groups is 1. The van der Waals surface area contributed by atoms with Crippen molar-refractivity contribution in [1.82, 2.24) is 10.4 Å². The number of methoxy groups -OCH3 is 2. The number of amides is 1. The number of benzene rings is 4. The lowest BCUT2D eigenvalue weighted by Crippen LogP contribution is -2.19. The van der Waals surface area contributed by atoms with E-state index in [-0.39, 0.29) is 22.0 Å². The van der Waals surface area contributed by atoms with E-state index in [1.807, 2.05) is 6.07 Å². The van der Waals surface area contributed by atoms with Crippen LogP contribution >= 0.6 is 66.7 Å². The van der Waals surface area contributed by atoms with Crippen LogP contribution in [0.1, 0.15) is 26.4 Å². The fourth-order valence-corrected chi connectivity index (χ4v) is 6.55. The lowest BCUT2D eigenvalue weighted by Gasteiger charge is -2.11. The summed E-state index contributed by atoms with van der Waals surface area (Å²) in [5.41, 5.74) is 4.87. The molecule has 13 heteroatoms. The quantitative estimate of drug-likeness (QED) is 0.0708. The van der Waals surface area contributed by atoms with Gasteiger partial charge in [0.2, 0.25) is 0 Å². The topological polar surface area (TPSA) is 102 Å². The fraction of sp³-hybridized carbons (Fsp3) is 0.0645. The van der Waals surface area contributed by atoms with Gasteiger partial charge >= 0.3 is 5.97 Å². The number of ether oxygens (including phenoxy) is 3. The maximum atomic E-state index is 13.6. The molecule has 44 heavy (non-hydrogen) atoms. The molecule has 0 aliphatic rings. The van der Waals surface area contributed by atoms with Gasteiger partial charge in [-0.1, -0.05) is 68.9 Å². The van der Waals surface area contributed by atoms with Gasteiger partial charge in [0, 0.05) is 31.2 Å². The van der Waals surface area contributed by atoms with Crippen molar-refractivity contribution in [3.05, 3.63) is 108 Å². The highest BCUT2D eigenvalue weighted by molar-refractivity contribution is 9.11. The third kappa shape index (κ3) is 6.45. The number of esters is 1. The summed E-state index contributed by atoms with van der Waals surface area (Å²) in [7, 11) is 3.07. The first kappa shape index (κ1) is 31.9. The molecule has 1 amide bonds. The van der Waals surface area contributed by atoms with Gasteiger partial charge in [-0.2, -0.15) is 5.10 Å². The molecule has 0 unspecified atom stereocenters. The monoisotopic (exact) mass is 777 g/mol. The Bertz CT molecular complexity index is 1960. The average Bonchev–Trinajstić information content (AvgIpc) is 3.39. The highest BCUT2D eigenvalue weighted by Gasteiger charge is 2.25. The van der Waals surface area contributed by atoms with Crippen molar-refractivity contribution in [2.24, 2.45) is 5.10 Å². The fourth-order valence-electron chi connectivity index (χ4n) is 4.50. The predicted octanol–water partition coefficient (Wildman–Crippen LogP) is 9.32. The van der Waals surface area contributed by atoms with Gasteiger partial charge in [0.1, 0.15) is 17.2 Å². The zero-order valence-corrected chi connectivity index (χ0v) is 28.2. The van der Waals surface area contributed by atoms with Crippen LogP contribution in [0.15, 0.2) is 80.8 Å². The Hall–Kier alpha value is -3.54. The smallest absolute Gasteiger partial charge is 0.345 e. The van der Waals surface area contributed by atoms with Crippen LogP contribution in [0, 0.1) is 0 Å². The van der Waals surface area contributed by atoms with Gasteiger partial charge in [-0.15, -0.1) is 0 Å². The summed E-state index contributed by atoms with van der Waals surface area (Å²) >= 11 is 25.6. The Balaban J connectivity index is 1.51. The summed E-state index contributed by atoms with van der Waals surface area (Å²) in [5.74, 6) is -0.113. The molecular weight excluding hydrogens is 761 g/mol. The van der Waals surface area contributed by atoms with Crippen molar-refractivity contribution < 1.29 is 23.8 Å². The molecule has 0 saturated heterocycles. The van der Waals surface area contributed by atoms with Crippen LogP contribution in [-0.4, -0.2) is 37.3 Å². The van der Waals surface area contributed by atoms with Gasteiger partial charge in [-0.3, -0.25) is 4.79 Å². The van der Waals surface area contributed by atoms with E-state index in [0.717, 1.165) is 0 Å². The second-order valence-electron chi connectivity index (χ2n) is 9.09. The van der Waals surface area contributed by atoms with Gasteiger partial charge < -0.3 is 19.2 Å². The molecular formula is C31H20Br2Cl3N3O5. The lowest BCUT2D eigenvalue weighted by atomic mass is 10.0. The molecule has 5 aromatic rings. The number of fused-ring (bicyclic) bond motifs is 1. The molecule has 0 bridgehead atoms. The number of H-pyrrole nitrogens is 1. The molecule has 0 spiro atoms. The normalized spacial score (nSPS) is 11.2. The van der Waals surface area contributed by atoms with Crippen molar-refractivity contribution in [3.8, 4) is 28.4 Å². The van der Waals surface area contributed by atoms with Crippen LogP contribution < -0.4 is 19.6 Å². The molecule has 5 rings (SSSR count).